The first kappa shape index (κ1) is 26.4. The molecule has 12 heteroatoms. The lowest BCUT2D eigenvalue weighted by atomic mass is 10.1. The molecule has 0 saturated heterocycles. The van der Waals surface area contributed by atoms with E-state index < -0.39 is 29.4 Å². The van der Waals surface area contributed by atoms with Crippen LogP contribution in [0.25, 0.3) is 26.5 Å². The van der Waals surface area contributed by atoms with E-state index >= 15 is 0 Å². The van der Waals surface area contributed by atoms with Crippen molar-refractivity contribution < 1.29 is 13.9 Å². The number of fused-ring (bicyclic) bond motifs is 1. The maximum absolute atomic E-state index is 14.7. The Bertz CT molecular complexity index is 1770. The van der Waals surface area contributed by atoms with Gasteiger partial charge in [-0.3, -0.25) is 9.36 Å². The quantitative estimate of drug-likeness (QED) is 0.299. The molecular formula is C27H24F2N6O3S. The molecule has 0 radical (unpaired) electrons. The number of thiophene rings is 1. The fourth-order valence-corrected chi connectivity index (χ4v) is 5.65. The molecule has 5 aromatic rings. The van der Waals surface area contributed by atoms with E-state index in [1.807, 2.05) is 31.1 Å². The number of hydrogen-bond acceptors (Lipinski definition) is 8. The van der Waals surface area contributed by atoms with Gasteiger partial charge in [-0.05, 0) is 61.6 Å². The van der Waals surface area contributed by atoms with Crippen LogP contribution >= 0.6 is 11.3 Å². The summed E-state index contributed by atoms with van der Waals surface area (Å²) in [4.78, 5) is 30.7. The van der Waals surface area contributed by atoms with Crippen molar-refractivity contribution in [1.82, 2.24) is 24.2 Å². The summed E-state index contributed by atoms with van der Waals surface area (Å²) in [6.07, 6.45) is 0. The van der Waals surface area contributed by atoms with Crippen LogP contribution in [0.3, 0.4) is 0 Å². The molecule has 0 amide bonds. The Hall–Kier alpha value is -4.26. The Labute approximate surface area is 225 Å². The lowest BCUT2D eigenvalue weighted by Gasteiger charge is -2.14. The van der Waals surface area contributed by atoms with Crippen LogP contribution in [0, 0.1) is 11.6 Å². The minimum Gasteiger partial charge on any atom is -0.399 e. The molecule has 0 atom stereocenters. The van der Waals surface area contributed by atoms with E-state index in [-0.39, 0.29) is 33.9 Å². The number of aromatic nitrogens is 4. The maximum Gasteiger partial charge on any atom is 0.338 e. The second kappa shape index (κ2) is 10.5. The molecule has 2 aromatic carbocycles. The van der Waals surface area contributed by atoms with E-state index in [1.54, 1.807) is 12.1 Å². The molecule has 3 N–H and O–H groups in total. The van der Waals surface area contributed by atoms with Gasteiger partial charge in [-0.25, -0.2) is 18.1 Å². The topological polar surface area (TPSA) is 119 Å². The predicted octanol–water partition coefficient (Wildman–Crippen LogP) is 3.13. The molecule has 0 spiro atoms. The summed E-state index contributed by atoms with van der Waals surface area (Å²) in [7, 11) is 3.69. The molecule has 0 saturated carbocycles. The first-order valence-corrected chi connectivity index (χ1v) is 12.7. The normalized spacial score (nSPS) is 11.5. The van der Waals surface area contributed by atoms with Gasteiger partial charge in [-0.15, -0.1) is 16.4 Å². The highest BCUT2D eigenvalue weighted by Crippen LogP contribution is 2.38. The van der Waals surface area contributed by atoms with E-state index in [0.717, 1.165) is 27.1 Å². The molecule has 0 aliphatic heterocycles. The third kappa shape index (κ3) is 4.85. The van der Waals surface area contributed by atoms with Crippen LogP contribution in [0.4, 0.5) is 14.5 Å². The van der Waals surface area contributed by atoms with Crippen molar-refractivity contribution in [3.05, 3.63) is 104 Å². The largest absolute Gasteiger partial charge is 0.399 e. The first-order chi connectivity index (χ1) is 18.7. The molecule has 39 heavy (non-hydrogen) atoms. The van der Waals surface area contributed by atoms with Crippen molar-refractivity contribution in [2.24, 2.45) is 0 Å². The van der Waals surface area contributed by atoms with Crippen molar-refractivity contribution in [2.75, 3.05) is 19.8 Å². The van der Waals surface area contributed by atoms with Crippen LogP contribution in [0.1, 0.15) is 16.8 Å². The minimum atomic E-state index is -0.831. The second-order valence-electron chi connectivity index (χ2n) is 9.20. The number of nitrogens with two attached hydrogens (primary N) is 1. The Balaban J connectivity index is 1.89. The van der Waals surface area contributed by atoms with Gasteiger partial charge in [0.2, 0.25) is 0 Å². The smallest absolute Gasteiger partial charge is 0.338 e. The van der Waals surface area contributed by atoms with E-state index in [0.29, 0.717) is 17.8 Å². The van der Waals surface area contributed by atoms with E-state index in [2.05, 4.69) is 10.2 Å². The van der Waals surface area contributed by atoms with Crippen molar-refractivity contribution >= 4 is 27.2 Å². The monoisotopic (exact) mass is 550 g/mol. The van der Waals surface area contributed by atoms with Crippen LogP contribution in [-0.4, -0.2) is 43.4 Å². The zero-order chi connectivity index (χ0) is 27.8. The highest BCUT2D eigenvalue weighted by atomic mass is 32.1. The van der Waals surface area contributed by atoms with Crippen molar-refractivity contribution in [1.29, 1.82) is 0 Å². The summed E-state index contributed by atoms with van der Waals surface area (Å²) in [6, 6.07) is 13.4. The maximum atomic E-state index is 14.7. The number of rotatable bonds is 7. The zero-order valence-corrected chi connectivity index (χ0v) is 21.9. The second-order valence-corrected chi connectivity index (χ2v) is 10.2. The molecule has 0 bridgehead atoms. The van der Waals surface area contributed by atoms with Gasteiger partial charge < -0.3 is 15.7 Å². The van der Waals surface area contributed by atoms with Gasteiger partial charge in [0, 0.05) is 22.7 Å². The summed E-state index contributed by atoms with van der Waals surface area (Å²) in [5.41, 5.74) is 6.33. The fourth-order valence-electron chi connectivity index (χ4n) is 4.34. The average Bonchev–Trinajstić information content (AvgIpc) is 3.27. The van der Waals surface area contributed by atoms with Crippen molar-refractivity contribution in [2.45, 2.75) is 19.7 Å². The Morgan fingerprint density at radius 2 is 1.67 bits per heavy atom. The van der Waals surface area contributed by atoms with Gasteiger partial charge in [0.25, 0.3) is 5.56 Å². The number of nitrogen functional groups attached to an aromatic ring is 1. The lowest BCUT2D eigenvalue weighted by Crippen LogP contribution is -2.40. The number of benzene rings is 2. The van der Waals surface area contributed by atoms with E-state index in [1.165, 1.54) is 34.1 Å². The number of aliphatic hydroxyl groups is 1. The summed E-state index contributed by atoms with van der Waals surface area (Å²) in [5, 5.41) is 17.4. The van der Waals surface area contributed by atoms with E-state index in [9.17, 15) is 23.5 Å². The van der Waals surface area contributed by atoms with Gasteiger partial charge in [0.15, 0.2) is 5.82 Å². The van der Waals surface area contributed by atoms with Crippen LogP contribution in [-0.2, 0) is 19.7 Å². The molecule has 200 valence electrons. The zero-order valence-electron chi connectivity index (χ0n) is 21.1. The van der Waals surface area contributed by atoms with Crippen molar-refractivity contribution in [3.8, 4) is 16.3 Å². The van der Waals surface area contributed by atoms with Gasteiger partial charge in [-0.1, -0.05) is 18.2 Å². The average molecular weight is 551 g/mol. The SMILES string of the molecule is CN(C)Cc1c(-c2ccc(N)cc2)sc2c1c(=O)n(-c1ccc(CO)nn1)c(=O)n2Cc1c(F)cccc1F. The highest BCUT2D eigenvalue weighted by molar-refractivity contribution is 7.22. The van der Waals surface area contributed by atoms with Crippen LogP contribution in [0.5, 0.6) is 0 Å². The number of nitrogens with zero attached hydrogens (tertiary/aromatic N) is 5. The highest BCUT2D eigenvalue weighted by Gasteiger charge is 2.25. The Morgan fingerprint density at radius 3 is 2.26 bits per heavy atom. The number of aliphatic hydroxyl groups excluding tert-OH is 1. The third-order valence-corrected chi connectivity index (χ3v) is 7.50. The molecule has 9 nitrogen and oxygen atoms in total. The van der Waals surface area contributed by atoms with E-state index in [4.69, 9.17) is 5.73 Å². The fraction of sp³-hybridized carbons (Fsp3) is 0.185. The molecule has 0 aliphatic rings. The number of hydrogen-bond donors (Lipinski definition) is 2. The number of halogens is 2. The predicted molar refractivity (Wildman–Crippen MR) is 146 cm³/mol. The molecular weight excluding hydrogens is 526 g/mol. The van der Waals surface area contributed by atoms with Crippen LogP contribution < -0.4 is 17.0 Å². The molecule has 5 rings (SSSR count). The molecule has 3 heterocycles. The molecule has 0 aliphatic carbocycles. The van der Waals surface area contributed by atoms with Gasteiger partial charge >= 0.3 is 5.69 Å². The third-order valence-electron chi connectivity index (χ3n) is 6.19. The van der Waals surface area contributed by atoms with Gasteiger partial charge in [-0.2, -0.15) is 5.10 Å². The summed E-state index contributed by atoms with van der Waals surface area (Å²) < 4.78 is 31.5. The lowest BCUT2D eigenvalue weighted by molar-refractivity contribution is 0.275. The van der Waals surface area contributed by atoms with Crippen LogP contribution in [0.15, 0.2) is 64.2 Å². The molecule has 0 unspecified atom stereocenters. The van der Waals surface area contributed by atoms with Crippen molar-refractivity contribution in [3.63, 3.8) is 0 Å². The Kier molecular flexibility index (Phi) is 7.08. The Morgan fingerprint density at radius 1 is 0.974 bits per heavy atom. The molecule has 3 aromatic heterocycles. The van der Waals surface area contributed by atoms with Gasteiger partial charge in [0.05, 0.1) is 24.2 Å². The summed E-state index contributed by atoms with van der Waals surface area (Å²) in [5.74, 6) is -1.71. The molecule has 0 fully saturated rings. The van der Waals surface area contributed by atoms with Crippen LogP contribution in [0.2, 0.25) is 0 Å². The standard InChI is InChI=1S/C27H24F2N6O3S/c1-33(2)12-19-23-25(37)35(22-11-10-17(14-36)31-32-22)27(38)34(13-18-20(28)4-3-5-21(18)29)26(23)39-24(19)15-6-8-16(30)9-7-15/h3-11,36H,12-14,30H2,1-2H3. The first-order valence-electron chi connectivity index (χ1n) is 11.9. The number of anilines is 1. The minimum absolute atomic E-state index is 0.0807. The van der Waals surface area contributed by atoms with Gasteiger partial charge in [0.1, 0.15) is 16.5 Å². The summed E-state index contributed by atoms with van der Waals surface area (Å²) >= 11 is 1.19. The summed E-state index contributed by atoms with van der Waals surface area (Å²) in [6.45, 7) is -0.490.